The molecule has 3 N–H and O–H groups in total. The van der Waals surface area contributed by atoms with Crippen LogP contribution >= 0.6 is 23.2 Å². The summed E-state index contributed by atoms with van der Waals surface area (Å²) in [6.45, 7) is 0.462. The topological polar surface area (TPSA) is 98.1 Å². The van der Waals surface area contributed by atoms with Gasteiger partial charge >= 0.3 is 5.69 Å². The third-order valence-corrected chi connectivity index (χ3v) is 5.32. The molecule has 1 unspecified atom stereocenters. The van der Waals surface area contributed by atoms with Crippen molar-refractivity contribution in [2.75, 3.05) is 11.9 Å². The van der Waals surface area contributed by atoms with E-state index in [-0.39, 0.29) is 23.1 Å². The Morgan fingerprint density at radius 3 is 2.68 bits per heavy atom. The highest BCUT2D eigenvalue weighted by Gasteiger charge is 2.35. The SMILES string of the molecule is O=C(Nc1ccc2[nH]c(=O)[nH]c2c1)C1CCCN1C(=O)c1cc(Cl)ccc1Cl. The molecule has 0 radical (unpaired) electrons. The van der Waals surface area contributed by atoms with E-state index in [1.165, 1.54) is 11.0 Å². The minimum Gasteiger partial charge on any atom is -0.327 e. The summed E-state index contributed by atoms with van der Waals surface area (Å²) in [5.74, 6) is -0.614. The average Bonchev–Trinajstić information content (AvgIpc) is 3.28. The van der Waals surface area contributed by atoms with E-state index >= 15 is 0 Å². The lowest BCUT2D eigenvalue weighted by Gasteiger charge is -2.24. The number of nitrogens with zero attached hydrogens (tertiary/aromatic N) is 1. The number of aromatic amines is 2. The van der Waals surface area contributed by atoms with Gasteiger partial charge in [-0.3, -0.25) is 9.59 Å². The summed E-state index contributed by atoms with van der Waals surface area (Å²) in [5.41, 5.74) is 1.74. The smallest absolute Gasteiger partial charge is 0.323 e. The molecule has 1 aliphatic rings. The van der Waals surface area contributed by atoms with Crippen LogP contribution in [0.15, 0.2) is 41.2 Å². The number of likely N-dealkylation sites (tertiary alicyclic amines) is 1. The van der Waals surface area contributed by atoms with Crippen LogP contribution < -0.4 is 11.0 Å². The summed E-state index contributed by atoms with van der Waals surface area (Å²) in [6.07, 6.45) is 1.27. The fourth-order valence-corrected chi connectivity index (χ4v) is 3.80. The number of aromatic nitrogens is 2. The molecule has 4 rings (SSSR count). The number of anilines is 1. The van der Waals surface area contributed by atoms with E-state index in [1.807, 2.05) is 0 Å². The molecule has 2 amide bonds. The predicted octanol–water partition coefficient (Wildman–Crippen LogP) is 3.41. The maximum absolute atomic E-state index is 12.9. The van der Waals surface area contributed by atoms with E-state index in [1.54, 1.807) is 30.3 Å². The molecule has 2 heterocycles. The average molecular weight is 419 g/mol. The number of imidazole rings is 1. The Morgan fingerprint density at radius 2 is 1.86 bits per heavy atom. The van der Waals surface area contributed by atoms with Crippen molar-refractivity contribution < 1.29 is 9.59 Å². The second kappa shape index (κ2) is 7.33. The molecule has 1 saturated heterocycles. The molecule has 1 aliphatic heterocycles. The number of rotatable bonds is 3. The lowest BCUT2D eigenvalue weighted by atomic mass is 10.1. The number of nitrogens with one attached hydrogen (secondary N) is 3. The Hall–Kier alpha value is -2.77. The zero-order chi connectivity index (χ0) is 19.8. The molecule has 0 aliphatic carbocycles. The number of H-pyrrole nitrogens is 2. The maximum Gasteiger partial charge on any atom is 0.323 e. The van der Waals surface area contributed by atoms with Crippen molar-refractivity contribution in [2.24, 2.45) is 0 Å². The molecule has 1 fully saturated rings. The van der Waals surface area contributed by atoms with Crippen LogP contribution in [0.1, 0.15) is 23.2 Å². The Labute approximate surface area is 169 Å². The minimum absolute atomic E-state index is 0.278. The number of hydrogen-bond donors (Lipinski definition) is 3. The number of benzene rings is 2. The van der Waals surface area contributed by atoms with E-state index in [4.69, 9.17) is 23.2 Å². The molecular weight excluding hydrogens is 403 g/mol. The lowest BCUT2D eigenvalue weighted by Crippen LogP contribution is -2.43. The molecule has 1 aromatic heterocycles. The second-order valence-electron chi connectivity index (χ2n) is 6.61. The van der Waals surface area contributed by atoms with Crippen LogP contribution in [-0.2, 0) is 4.79 Å². The summed E-state index contributed by atoms with van der Waals surface area (Å²) in [6, 6.07) is 9.13. The first-order valence-corrected chi connectivity index (χ1v) is 9.47. The van der Waals surface area contributed by atoms with Crippen LogP contribution in [0.3, 0.4) is 0 Å². The van der Waals surface area contributed by atoms with Gasteiger partial charge in [-0.15, -0.1) is 0 Å². The van der Waals surface area contributed by atoms with Crippen LogP contribution in [0.2, 0.25) is 10.0 Å². The van der Waals surface area contributed by atoms with Gasteiger partial charge < -0.3 is 20.2 Å². The maximum atomic E-state index is 12.9. The molecule has 7 nitrogen and oxygen atoms in total. The van der Waals surface area contributed by atoms with Crippen LogP contribution in [0.4, 0.5) is 5.69 Å². The molecule has 0 spiro atoms. The minimum atomic E-state index is -0.608. The third-order valence-electron chi connectivity index (χ3n) is 4.76. The van der Waals surface area contributed by atoms with E-state index in [0.717, 1.165) is 0 Å². The summed E-state index contributed by atoms with van der Waals surface area (Å²) in [5, 5.41) is 3.52. The van der Waals surface area contributed by atoms with Gasteiger partial charge in [-0.2, -0.15) is 0 Å². The first-order chi connectivity index (χ1) is 13.4. The van der Waals surface area contributed by atoms with Crippen molar-refractivity contribution >= 4 is 51.7 Å². The molecule has 0 bridgehead atoms. The molecule has 3 aromatic rings. The number of hydrogen-bond acceptors (Lipinski definition) is 3. The van der Waals surface area contributed by atoms with Crippen molar-refractivity contribution in [3.63, 3.8) is 0 Å². The Morgan fingerprint density at radius 1 is 1.07 bits per heavy atom. The number of carbonyl (C=O) groups is 2. The molecular formula is C19H16Cl2N4O3. The van der Waals surface area contributed by atoms with E-state index in [9.17, 15) is 14.4 Å². The third kappa shape index (κ3) is 3.50. The molecule has 28 heavy (non-hydrogen) atoms. The monoisotopic (exact) mass is 418 g/mol. The van der Waals surface area contributed by atoms with Crippen molar-refractivity contribution in [2.45, 2.75) is 18.9 Å². The predicted molar refractivity (Wildman–Crippen MR) is 108 cm³/mol. The Balaban J connectivity index is 1.55. The molecule has 144 valence electrons. The Kier molecular flexibility index (Phi) is 4.87. The van der Waals surface area contributed by atoms with Gasteiger partial charge in [0.2, 0.25) is 5.91 Å². The van der Waals surface area contributed by atoms with Crippen molar-refractivity contribution in [3.8, 4) is 0 Å². The largest absolute Gasteiger partial charge is 0.327 e. The number of halogens is 2. The summed E-state index contributed by atoms with van der Waals surface area (Å²) < 4.78 is 0. The van der Waals surface area contributed by atoms with E-state index < -0.39 is 6.04 Å². The highest BCUT2D eigenvalue weighted by molar-refractivity contribution is 6.35. The first-order valence-electron chi connectivity index (χ1n) is 8.71. The van der Waals surface area contributed by atoms with Gasteiger partial charge in [-0.25, -0.2) is 4.79 Å². The van der Waals surface area contributed by atoms with Gasteiger partial charge in [0, 0.05) is 17.3 Å². The van der Waals surface area contributed by atoms with Crippen molar-refractivity contribution in [1.82, 2.24) is 14.9 Å². The van der Waals surface area contributed by atoms with Crippen molar-refractivity contribution in [1.29, 1.82) is 0 Å². The van der Waals surface area contributed by atoms with Gasteiger partial charge in [-0.1, -0.05) is 23.2 Å². The highest BCUT2D eigenvalue weighted by atomic mass is 35.5. The van der Waals surface area contributed by atoms with Gasteiger partial charge in [-0.05, 0) is 49.2 Å². The standard InChI is InChI=1S/C19H16Cl2N4O3/c20-10-3-5-13(21)12(8-10)18(27)25-7-1-2-16(25)17(26)22-11-4-6-14-15(9-11)24-19(28)23-14/h3-6,8-9,16H,1-2,7H2,(H,22,26)(H2,23,24,28). The van der Waals surface area contributed by atoms with Gasteiger partial charge in [0.15, 0.2) is 0 Å². The zero-order valence-corrected chi connectivity index (χ0v) is 16.1. The van der Waals surface area contributed by atoms with Gasteiger partial charge in [0.1, 0.15) is 6.04 Å². The zero-order valence-electron chi connectivity index (χ0n) is 14.6. The Bertz CT molecular complexity index is 1140. The normalized spacial score (nSPS) is 16.5. The van der Waals surface area contributed by atoms with E-state index in [2.05, 4.69) is 15.3 Å². The number of carbonyl (C=O) groups excluding carboxylic acids is 2. The lowest BCUT2D eigenvalue weighted by molar-refractivity contribution is -0.119. The number of amides is 2. The number of fused-ring (bicyclic) bond motifs is 1. The fourth-order valence-electron chi connectivity index (χ4n) is 3.43. The fraction of sp³-hybridized carbons (Fsp3) is 0.211. The highest BCUT2D eigenvalue weighted by Crippen LogP contribution is 2.27. The molecule has 9 heteroatoms. The second-order valence-corrected chi connectivity index (χ2v) is 7.45. The molecule has 1 atom stereocenters. The van der Waals surface area contributed by atoms with Gasteiger partial charge in [0.25, 0.3) is 5.91 Å². The summed E-state index contributed by atoms with van der Waals surface area (Å²) in [7, 11) is 0. The quantitative estimate of drug-likeness (QED) is 0.607. The van der Waals surface area contributed by atoms with Crippen LogP contribution in [0.25, 0.3) is 11.0 Å². The van der Waals surface area contributed by atoms with Gasteiger partial charge in [0.05, 0.1) is 21.6 Å². The van der Waals surface area contributed by atoms with E-state index in [0.29, 0.717) is 46.2 Å². The summed E-state index contributed by atoms with van der Waals surface area (Å²) in [4.78, 5) is 43.9. The molecule has 0 saturated carbocycles. The first kappa shape index (κ1) is 18.6. The van der Waals surface area contributed by atoms with Crippen LogP contribution in [0, 0.1) is 0 Å². The molecule has 2 aromatic carbocycles. The van der Waals surface area contributed by atoms with Crippen LogP contribution in [-0.4, -0.2) is 39.3 Å². The van der Waals surface area contributed by atoms with Crippen LogP contribution in [0.5, 0.6) is 0 Å². The van der Waals surface area contributed by atoms with Crippen molar-refractivity contribution in [3.05, 3.63) is 62.5 Å². The summed E-state index contributed by atoms with van der Waals surface area (Å²) >= 11 is 12.1.